The first-order valence-corrected chi connectivity index (χ1v) is 26.4. The number of ether oxygens (including phenoxy) is 8. The lowest BCUT2D eigenvalue weighted by atomic mass is 9.73. The number of aliphatic hydroxyl groups is 1. The van der Waals surface area contributed by atoms with E-state index in [4.69, 9.17) is 61.1 Å². The zero-order valence-corrected chi connectivity index (χ0v) is 44.7. The molecule has 382 valence electrons. The standard InChI is InChI=1S/C50H80Cl2N2O12S/c1-15-38-50(10)43(54(47(58)66-50)21-19-34-17-18-36(51)37(52)24-34)30(4)41(55)28(2)26-49(9,60-13)45(65-39-25-35(23-29(3)61-39)53(11)20-16-22-67-14)31(5)42(32(6)46(57)63-38)64-40-27-48(8,59-12)44(56)33(7)62-40/h17-18,24,28-33,35,38-40,42-45,56H,15-16,19-23,25-27H2,1-14H3/t28-,29-,30-,31+,32-,33+,35+,38+,39+,40+,42+,43-,44+,45-,48-,49+,50-/m1/s1. The number of methoxy groups -OCH3 is 2. The molecule has 4 saturated heterocycles. The maximum atomic E-state index is 15.1. The van der Waals surface area contributed by atoms with Gasteiger partial charge in [0.05, 0.1) is 57.6 Å². The molecule has 4 fully saturated rings. The van der Waals surface area contributed by atoms with Gasteiger partial charge in [0.1, 0.15) is 18.0 Å². The van der Waals surface area contributed by atoms with Crippen molar-refractivity contribution in [3.63, 3.8) is 0 Å². The van der Waals surface area contributed by atoms with E-state index in [0.717, 1.165) is 30.7 Å². The smallest absolute Gasteiger partial charge is 0.410 e. The topological polar surface area (TPSA) is 152 Å². The number of thioether (sulfide) groups is 1. The molecule has 14 nitrogen and oxygen atoms in total. The second kappa shape index (κ2) is 23.6. The van der Waals surface area contributed by atoms with Gasteiger partial charge >= 0.3 is 12.1 Å². The number of fused-ring (bicyclic) bond motifs is 1. The normalized spacial score (nSPS) is 40.3. The summed E-state index contributed by atoms with van der Waals surface area (Å²) in [6.07, 6.45) is -0.911. The Labute approximate surface area is 414 Å². The molecule has 0 unspecified atom stereocenters. The fourth-order valence-corrected chi connectivity index (χ4v) is 12.1. The van der Waals surface area contributed by atoms with Crippen molar-refractivity contribution in [2.24, 2.45) is 23.7 Å². The average Bonchev–Trinajstić information content (AvgIpc) is 3.55. The number of carbonyl (C=O) groups excluding carboxylic acids is 3. The molecule has 5 rings (SSSR count). The van der Waals surface area contributed by atoms with Crippen LogP contribution in [0.25, 0.3) is 0 Å². The number of halogens is 2. The lowest BCUT2D eigenvalue weighted by molar-refractivity contribution is -0.309. The largest absolute Gasteiger partial charge is 0.458 e. The molecule has 17 heteroatoms. The minimum atomic E-state index is -1.43. The van der Waals surface area contributed by atoms with Crippen molar-refractivity contribution in [3.05, 3.63) is 33.8 Å². The minimum Gasteiger partial charge on any atom is -0.458 e. The molecular formula is C50H80Cl2N2O12S. The molecule has 17 atom stereocenters. The van der Waals surface area contributed by atoms with Crippen LogP contribution in [-0.2, 0) is 53.9 Å². The van der Waals surface area contributed by atoms with E-state index in [1.165, 1.54) is 0 Å². The van der Waals surface area contributed by atoms with Gasteiger partial charge in [0.2, 0.25) is 0 Å². The quantitative estimate of drug-likeness (QED) is 0.132. The number of ketones is 1. The summed E-state index contributed by atoms with van der Waals surface area (Å²) in [6.45, 7) is 19.8. The molecule has 0 spiro atoms. The molecule has 67 heavy (non-hydrogen) atoms. The summed E-state index contributed by atoms with van der Waals surface area (Å²) in [5.41, 5.74) is -2.75. The van der Waals surface area contributed by atoms with Crippen LogP contribution in [0.15, 0.2) is 18.2 Å². The van der Waals surface area contributed by atoms with Gasteiger partial charge in [-0.3, -0.25) is 14.5 Å². The Bertz CT molecular complexity index is 1840. The number of amides is 1. The van der Waals surface area contributed by atoms with Gasteiger partial charge in [-0.05, 0) is 117 Å². The van der Waals surface area contributed by atoms with Crippen molar-refractivity contribution < 1.29 is 57.4 Å². The van der Waals surface area contributed by atoms with E-state index in [-0.39, 0.29) is 43.7 Å². The van der Waals surface area contributed by atoms with Crippen LogP contribution in [0.4, 0.5) is 4.79 Å². The predicted octanol–water partition coefficient (Wildman–Crippen LogP) is 8.61. The Hall–Kier alpha value is -1.76. The van der Waals surface area contributed by atoms with Crippen molar-refractivity contribution in [1.29, 1.82) is 0 Å². The summed E-state index contributed by atoms with van der Waals surface area (Å²) in [5.74, 6) is -2.56. The van der Waals surface area contributed by atoms with Crippen LogP contribution in [-0.4, -0.2) is 157 Å². The highest BCUT2D eigenvalue weighted by Gasteiger charge is 2.60. The highest BCUT2D eigenvalue weighted by Crippen LogP contribution is 2.45. The van der Waals surface area contributed by atoms with Gasteiger partial charge in [0, 0.05) is 57.4 Å². The van der Waals surface area contributed by atoms with Crippen LogP contribution in [0.1, 0.15) is 113 Å². The maximum Gasteiger partial charge on any atom is 0.410 e. The third kappa shape index (κ3) is 12.7. The number of aliphatic hydroxyl groups excluding tert-OH is 1. The van der Waals surface area contributed by atoms with E-state index in [1.807, 2.05) is 59.4 Å². The van der Waals surface area contributed by atoms with E-state index in [9.17, 15) is 14.7 Å². The fourth-order valence-electron chi connectivity index (χ4n) is 11.3. The second-order valence-corrected chi connectivity index (χ2v) is 22.2. The number of benzene rings is 1. The van der Waals surface area contributed by atoms with Gasteiger partial charge in [0.15, 0.2) is 18.2 Å². The first-order chi connectivity index (χ1) is 31.5. The van der Waals surface area contributed by atoms with Crippen LogP contribution >= 0.6 is 35.0 Å². The molecule has 1 amide bonds. The minimum absolute atomic E-state index is 0.108. The summed E-state index contributed by atoms with van der Waals surface area (Å²) < 4.78 is 52.4. The highest BCUT2D eigenvalue weighted by molar-refractivity contribution is 7.98. The van der Waals surface area contributed by atoms with Crippen LogP contribution in [0.2, 0.25) is 10.0 Å². The fraction of sp³-hybridized carbons (Fsp3) is 0.820. The first kappa shape index (κ1) is 56.2. The van der Waals surface area contributed by atoms with Gasteiger partial charge in [0.25, 0.3) is 0 Å². The lowest BCUT2D eigenvalue weighted by Gasteiger charge is -2.49. The van der Waals surface area contributed by atoms with Crippen LogP contribution in [0, 0.1) is 23.7 Å². The maximum absolute atomic E-state index is 15.1. The zero-order chi connectivity index (χ0) is 49.8. The van der Waals surface area contributed by atoms with E-state index in [1.54, 1.807) is 52.0 Å². The van der Waals surface area contributed by atoms with Crippen molar-refractivity contribution in [2.75, 3.05) is 46.4 Å². The third-order valence-corrected chi connectivity index (χ3v) is 16.9. The lowest BCUT2D eigenvalue weighted by Crippen LogP contribution is -2.60. The van der Waals surface area contributed by atoms with Crippen LogP contribution in [0.5, 0.6) is 0 Å². The van der Waals surface area contributed by atoms with E-state index >= 15 is 4.79 Å². The average molecular weight is 1000 g/mol. The monoisotopic (exact) mass is 1000 g/mol. The molecule has 0 radical (unpaired) electrons. The predicted molar refractivity (Wildman–Crippen MR) is 261 cm³/mol. The van der Waals surface area contributed by atoms with Crippen molar-refractivity contribution in [1.82, 2.24) is 9.80 Å². The number of hydrogen-bond acceptors (Lipinski definition) is 14. The molecule has 1 aromatic rings. The molecule has 1 aromatic carbocycles. The Morgan fingerprint density at radius 2 is 1.60 bits per heavy atom. The summed E-state index contributed by atoms with van der Waals surface area (Å²) in [7, 11) is 5.31. The number of carbonyl (C=O) groups is 3. The van der Waals surface area contributed by atoms with Gasteiger partial charge in [-0.2, -0.15) is 11.8 Å². The van der Waals surface area contributed by atoms with Gasteiger partial charge in [-0.25, -0.2) is 4.79 Å². The summed E-state index contributed by atoms with van der Waals surface area (Å²) in [6, 6.07) is 4.69. The van der Waals surface area contributed by atoms with Crippen molar-refractivity contribution in [2.45, 2.75) is 192 Å². The van der Waals surface area contributed by atoms with E-state index in [0.29, 0.717) is 22.9 Å². The van der Waals surface area contributed by atoms with E-state index in [2.05, 4.69) is 25.1 Å². The molecule has 0 saturated carbocycles. The van der Waals surface area contributed by atoms with Crippen LogP contribution < -0.4 is 0 Å². The summed E-state index contributed by atoms with van der Waals surface area (Å²) >= 11 is 14.4. The van der Waals surface area contributed by atoms with Gasteiger partial charge in [-0.15, -0.1) is 0 Å². The molecule has 4 heterocycles. The molecule has 4 aliphatic rings. The molecule has 0 aliphatic carbocycles. The zero-order valence-electron chi connectivity index (χ0n) is 42.4. The summed E-state index contributed by atoms with van der Waals surface area (Å²) in [5, 5.41) is 12.0. The van der Waals surface area contributed by atoms with Gasteiger partial charge < -0.3 is 47.9 Å². The number of cyclic esters (lactones) is 1. The number of Topliss-reactive ketones (excluding diaryl/α,β-unsaturated/α-hetero) is 1. The molecule has 0 aromatic heterocycles. The molecular weight excluding hydrogens is 924 g/mol. The first-order valence-electron chi connectivity index (χ1n) is 24.2. The molecule has 0 bridgehead atoms. The number of rotatable bonds is 15. The Kier molecular flexibility index (Phi) is 19.8. The third-order valence-electron chi connectivity index (χ3n) is 15.4. The molecule has 4 aliphatic heterocycles. The SMILES string of the molecule is CC[C@@H]1OC(=O)[C@H](C)[C@@H](O[C@H]2C[C@@](C)(OC)[C@@H](O)[C@H](C)O2)[C@H](C)[C@@H](O[C@H]2C[C@@H](N(C)CCCSC)C[C@@H](C)O2)[C@@](C)(OC)C[C@@H](C)C(=O)[C@@H](C)[C@H]2N(CCc3ccc(Cl)c(Cl)c3)C(=O)O[C@]12C. The van der Waals surface area contributed by atoms with Gasteiger partial charge in [-0.1, -0.05) is 57.0 Å². The Balaban J connectivity index is 1.60. The van der Waals surface area contributed by atoms with Crippen molar-refractivity contribution in [3.8, 4) is 0 Å². The van der Waals surface area contributed by atoms with Crippen molar-refractivity contribution >= 4 is 52.8 Å². The van der Waals surface area contributed by atoms with Crippen LogP contribution in [0.3, 0.4) is 0 Å². The second-order valence-electron chi connectivity index (χ2n) is 20.4. The molecule has 1 N–H and O–H groups in total. The Morgan fingerprint density at radius 3 is 2.22 bits per heavy atom. The number of esters is 1. The highest BCUT2D eigenvalue weighted by atomic mass is 35.5. The Morgan fingerprint density at radius 1 is 0.910 bits per heavy atom. The number of nitrogens with zero attached hydrogens (tertiary/aromatic N) is 2. The van der Waals surface area contributed by atoms with E-state index < -0.39 is 102 Å². The number of hydrogen-bond donors (Lipinski definition) is 1. The summed E-state index contributed by atoms with van der Waals surface area (Å²) in [4.78, 5) is 48.2.